The van der Waals surface area contributed by atoms with Crippen molar-refractivity contribution >= 4 is 11.6 Å². The number of pyridine rings is 1. The predicted octanol–water partition coefficient (Wildman–Crippen LogP) is 2.47. The number of amides is 1. The first-order valence-electron chi connectivity index (χ1n) is 8.19. The first-order valence-corrected chi connectivity index (χ1v) is 8.19. The fraction of sp³-hybridized carbons (Fsp3) is 0.100. The van der Waals surface area contributed by atoms with Gasteiger partial charge in [-0.25, -0.2) is 0 Å². The lowest BCUT2D eigenvalue weighted by Gasteiger charge is -2.13. The van der Waals surface area contributed by atoms with E-state index in [1.165, 1.54) is 22.9 Å². The highest BCUT2D eigenvalue weighted by atomic mass is 16.5. The fourth-order valence-electron chi connectivity index (χ4n) is 2.83. The topological polar surface area (TPSA) is 107 Å². The van der Waals surface area contributed by atoms with Crippen molar-refractivity contribution < 1.29 is 14.7 Å². The van der Waals surface area contributed by atoms with Crippen molar-refractivity contribution in [3.8, 4) is 16.9 Å². The molecule has 7 nitrogen and oxygen atoms in total. The molecule has 1 amide bonds. The summed E-state index contributed by atoms with van der Waals surface area (Å²) in [5.74, 6) is 0.0690. The van der Waals surface area contributed by atoms with Crippen LogP contribution in [0.15, 0.2) is 65.6 Å². The number of anilines is 1. The zero-order valence-electron chi connectivity index (χ0n) is 14.7. The molecule has 0 aliphatic carbocycles. The van der Waals surface area contributed by atoms with Gasteiger partial charge in [-0.2, -0.15) is 0 Å². The van der Waals surface area contributed by atoms with E-state index < -0.39 is 5.91 Å². The predicted molar refractivity (Wildman–Crippen MR) is 102 cm³/mol. The Bertz CT molecular complexity index is 1040. The number of nitrogens with zero attached hydrogens (tertiary/aromatic N) is 1. The van der Waals surface area contributed by atoms with Crippen LogP contribution in [0.2, 0.25) is 0 Å². The lowest BCUT2D eigenvalue weighted by Crippen LogP contribution is -2.22. The van der Waals surface area contributed by atoms with Crippen molar-refractivity contribution in [3.63, 3.8) is 0 Å². The molecule has 3 rings (SSSR count). The van der Waals surface area contributed by atoms with E-state index in [1.54, 1.807) is 25.3 Å². The van der Waals surface area contributed by atoms with Gasteiger partial charge in [0.05, 0.1) is 24.9 Å². The molecule has 138 valence electrons. The maximum absolute atomic E-state index is 12.1. The van der Waals surface area contributed by atoms with Gasteiger partial charge >= 0.3 is 0 Å². The number of carbonyl (C=O) groups is 1. The average Bonchev–Trinajstić information content (AvgIpc) is 2.69. The molecule has 4 N–H and O–H groups in total. The third-order valence-electron chi connectivity index (χ3n) is 4.19. The summed E-state index contributed by atoms with van der Waals surface area (Å²) in [6.45, 7) is 0.273. The largest absolute Gasteiger partial charge is 0.496 e. The Hall–Kier alpha value is -3.58. The number of nitrogens with one attached hydrogen (secondary N) is 1. The number of hydrogen-bond acceptors (Lipinski definition) is 5. The number of ether oxygens (including phenoxy) is 1. The molecule has 0 saturated carbocycles. The van der Waals surface area contributed by atoms with Crippen molar-refractivity contribution in [2.24, 2.45) is 5.73 Å². The number of nitrogens with two attached hydrogens (primary N) is 1. The maximum Gasteiger partial charge on any atom is 0.250 e. The average molecular weight is 365 g/mol. The summed E-state index contributed by atoms with van der Waals surface area (Å²) in [6, 6.07) is 15.5. The van der Waals surface area contributed by atoms with Gasteiger partial charge in [-0.1, -0.05) is 18.2 Å². The number of benzene rings is 2. The first kappa shape index (κ1) is 18.2. The SMILES string of the molecule is COc1ccc(Cn2cc(C(N)=O)ccc2=O)cc1-c1cccc(NO)c1. The summed E-state index contributed by atoms with van der Waals surface area (Å²) in [5.41, 5.74) is 10.5. The number of aromatic nitrogens is 1. The Balaban J connectivity index is 2.02. The zero-order valence-corrected chi connectivity index (χ0v) is 14.7. The van der Waals surface area contributed by atoms with Gasteiger partial charge in [-0.15, -0.1) is 0 Å². The summed E-state index contributed by atoms with van der Waals surface area (Å²) in [5, 5.41) is 9.13. The van der Waals surface area contributed by atoms with Gasteiger partial charge < -0.3 is 15.0 Å². The summed E-state index contributed by atoms with van der Waals surface area (Å²) in [6.07, 6.45) is 1.45. The van der Waals surface area contributed by atoms with E-state index in [2.05, 4.69) is 5.48 Å². The smallest absolute Gasteiger partial charge is 0.250 e. The van der Waals surface area contributed by atoms with E-state index in [4.69, 9.17) is 15.7 Å². The molecule has 0 spiro atoms. The van der Waals surface area contributed by atoms with Gasteiger partial charge in [0.2, 0.25) is 5.91 Å². The van der Waals surface area contributed by atoms with E-state index in [1.807, 2.05) is 24.3 Å². The Morgan fingerprint density at radius 1 is 1.19 bits per heavy atom. The van der Waals surface area contributed by atoms with Crippen LogP contribution in [0.3, 0.4) is 0 Å². The highest BCUT2D eigenvalue weighted by Gasteiger charge is 2.10. The number of hydrogen-bond donors (Lipinski definition) is 3. The molecule has 2 aromatic carbocycles. The molecule has 0 saturated heterocycles. The molecule has 0 aliphatic heterocycles. The summed E-state index contributed by atoms with van der Waals surface area (Å²) >= 11 is 0. The van der Waals surface area contributed by atoms with Gasteiger partial charge in [-0.05, 0) is 41.5 Å². The van der Waals surface area contributed by atoms with Crippen LogP contribution in [0.25, 0.3) is 11.1 Å². The maximum atomic E-state index is 12.1. The van der Waals surface area contributed by atoms with Crippen LogP contribution in [0.5, 0.6) is 5.75 Å². The summed E-state index contributed by atoms with van der Waals surface area (Å²) < 4.78 is 6.87. The number of methoxy groups -OCH3 is 1. The third kappa shape index (κ3) is 3.99. The normalized spacial score (nSPS) is 10.4. The van der Waals surface area contributed by atoms with Crippen molar-refractivity contribution in [1.82, 2.24) is 4.57 Å². The van der Waals surface area contributed by atoms with E-state index in [9.17, 15) is 9.59 Å². The molecule has 0 aliphatic rings. The van der Waals surface area contributed by atoms with Gasteiger partial charge in [0.15, 0.2) is 0 Å². The summed E-state index contributed by atoms with van der Waals surface area (Å²) in [4.78, 5) is 23.5. The minimum absolute atomic E-state index is 0.233. The minimum atomic E-state index is -0.590. The molecule has 3 aromatic rings. The van der Waals surface area contributed by atoms with Crippen LogP contribution < -0.4 is 21.5 Å². The molecule has 0 bridgehead atoms. The molecule has 0 atom stereocenters. The molecule has 1 aromatic heterocycles. The minimum Gasteiger partial charge on any atom is -0.496 e. The molecular weight excluding hydrogens is 346 g/mol. The Kier molecular flexibility index (Phi) is 5.23. The van der Waals surface area contributed by atoms with Crippen molar-refractivity contribution in [3.05, 3.63) is 82.3 Å². The number of primary amides is 1. The van der Waals surface area contributed by atoms with Crippen LogP contribution in [-0.2, 0) is 6.54 Å². The highest BCUT2D eigenvalue weighted by molar-refractivity contribution is 5.92. The van der Waals surface area contributed by atoms with Crippen LogP contribution >= 0.6 is 0 Å². The van der Waals surface area contributed by atoms with Gasteiger partial charge in [-0.3, -0.25) is 20.3 Å². The fourth-order valence-corrected chi connectivity index (χ4v) is 2.83. The number of carbonyl (C=O) groups excluding carboxylic acids is 1. The number of rotatable bonds is 6. The second-order valence-electron chi connectivity index (χ2n) is 5.98. The molecular formula is C20H19N3O4. The molecule has 7 heteroatoms. The van der Waals surface area contributed by atoms with E-state index in [0.717, 1.165) is 16.7 Å². The third-order valence-corrected chi connectivity index (χ3v) is 4.19. The Labute approximate surface area is 155 Å². The Morgan fingerprint density at radius 2 is 2.00 bits per heavy atom. The van der Waals surface area contributed by atoms with Crippen LogP contribution in [0.1, 0.15) is 15.9 Å². The molecule has 0 radical (unpaired) electrons. The van der Waals surface area contributed by atoms with Gasteiger partial charge in [0.1, 0.15) is 5.75 Å². The Morgan fingerprint density at radius 3 is 2.70 bits per heavy atom. The van der Waals surface area contributed by atoms with E-state index in [-0.39, 0.29) is 17.7 Å². The van der Waals surface area contributed by atoms with Crippen LogP contribution in [-0.4, -0.2) is 22.8 Å². The second-order valence-corrected chi connectivity index (χ2v) is 5.98. The molecule has 0 unspecified atom stereocenters. The van der Waals surface area contributed by atoms with Crippen LogP contribution in [0.4, 0.5) is 5.69 Å². The van der Waals surface area contributed by atoms with E-state index in [0.29, 0.717) is 11.4 Å². The quantitative estimate of drug-likeness (QED) is 0.582. The second kappa shape index (κ2) is 7.76. The van der Waals surface area contributed by atoms with Gasteiger partial charge in [0.25, 0.3) is 5.56 Å². The summed E-state index contributed by atoms with van der Waals surface area (Å²) in [7, 11) is 1.58. The zero-order chi connectivity index (χ0) is 19.4. The lowest BCUT2D eigenvalue weighted by atomic mass is 10.0. The highest BCUT2D eigenvalue weighted by Crippen LogP contribution is 2.32. The van der Waals surface area contributed by atoms with E-state index >= 15 is 0 Å². The van der Waals surface area contributed by atoms with Crippen molar-refractivity contribution in [2.75, 3.05) is 12.6 Å². The standard InChI is InChI=1S/C20H19N3O4/c1-27-18-7-5-13(9-17(18)14-3-2-4-16(10-14)22-26)11-23-12-15(20(21)25)6-8-19(23)24/h2-10,12,22,26H,11H2,1H3,(H2,21,25). The van der Waals surface area contributed by atoms with Crippen molar-refractivity contribution in [2.45, 2.75) is 6.54 Å². The monoisotopic (exact) mass is 365 g/mol. The van der Waals surface area contributed by atoms with Gasteiger partial charge in [0, 0.05) is 17.8 Å². The first-order chi connectivity index (χ1) is 13.0. The lowest BCUT2D eigenvalue weighted by molar-refractivity contribution is 0.0999. The van der Waals surface area contributed by atoms with Crippen molar-refractivity contribution in [1.29, 1.82) is 0 Å². The molecule has 0 fully saturated rings. The molecule has 1 heterocycles. The molecule has 27 heavy (non-hydrogen) atoms. The van der Waals surface area contributed by atoms with Crippen LogP contribution in [0, 0.1) is 0 Å².